The van der Waals surface area contributed by atoms with Crippen LogP contribution in [0.15, 0.2) is 60.2 Å². The van der Waals surface area contributed by atoms with E-state index in [2.05, 4.69) is 43.4 Å². The molecular formula is C30H31NO4. The first-order chi connectivity index (χ1) is 16.7. The maximum absolute atomic E-state index is 13.6. The molecule has 0 saturated carbocycles. The Balaban J connectivity index is 1.68. The minimum absolute atomic E-state index is 0.117. The van der Waals surface area contributed by atoms with E-state index < -0.39 is 5.97 Å². The third-order valence-corrected chi connectivity index (χ3v) is 6.86. The predicted octanol–water partition coefficient (Wildman–Crippen LogP) is 6.72. The van der Waals surface area contributed by atoms with Gasteiger partial charge in [-0.2, -0.15) is 0 Å². The molecule has 2 aliphatic rings. The predicted molar refractivity (Wildman–Crippen MR) is 139 cm³/mol. The quantitative estimate of drug-likeness (QED) is 0.430. The van der Waals surface area contributed by atoms with Crippen LogP contribution in [-0.4, -0.2) is 25.0 Å². The SMILES string of the molecule is COc1cc(C2Nc3ccc4ccccc4c3C3=C2C(=O)CC(C)(C)C3)ccc1C(=O)OC(C)C. The van der Waals surface area contributed by atoms with Gasteiger partial charge in [0.25, 0.3) is 0 Å². The van der Waals surface area contributed by atoms with Crippen LogP contribution in [0.2, 0.25) is 0 Å². The van der Waals surface area contributed by atoms with Gasteiger partial charge in [-0.25, -0.2) is 4.79 Å². The van der Waals surface area contributed by atoms with Crippen molar-refractivity contribution in [1.82, 2.24) is 0 Å². The van der Waals surface area contributed by atoms with E-state index in [0.29, 0.717) is 17.7 Å². The summed E-state index contributed by atoms with van der Waals surface area (Å²) >= 11 is 0. The molecule has 5 nitrogen and oxygen atoms in total. The summed E-state index contributed by atoms with van der Waals surface area (Å²) in [4.78, 5) is 26.2. The Kier molecular flexibility index (Phi) is 5.66. The van der Waals surface area contributed by atoms with Crippen LogP contribution in [0.3, 0.4) is 0 Å². The number of methoxy groups -OCH3 is 1. The van der Waals surface area contributed by atoms with Crippen LogP contribution in [0.25, 0.3) is 16.3 Å². The zero-order valence-electron chi connectivity index (χ0n) is 20.9. The lowest BCUT2D eigenvalue weighted by atomic mass is 9.68. The standard InChI is InChI=1S/C30H31NO4/c1-17(2)35-29(33)21-12-10-19(14-25(21)34-5)28-27-22(15-30(3,4)16-24(27)32)26-20-9-7-6-8-18(20)11-13-23(26)31-28/h6-14,17,28,31H,15-16H2,1-5H3. The van der Waals surface area contributed by atoms with E-state index in [9.17, 15) is 9.59 Å². The van der Waals surface area contributed by atoms with E-state index in [1.54, 1.807) is 13.2 Å². The van der Waals surface area contributed by atoms with Crippen molar-refractivity contribution in [3.8, 4) is 5.75 Å². The largest absolute Gasteiger partial charge is 0.496 e. The Morgan fingerprint density at radius 2 is 1.83 bits per heavy atom. The monoisotopic (exact) mass is 469 g/mol. The topological polar surface area (TPSA) is 64.6 Å². The van der Waals surface area contributed by atoms with E-state index in [-0.39, 0.29) is 23.3 Å². The molecule has 0 bridgehead atoms. The number of hydrogen-bond donors (Lipinski definition) is 1. The minimum Gasteiger partial charge on any atom is -0.496 e. The molecule has 0 fully saturated rings. The number of hydrogen-bond acceptors (Lipinski definition) is 5. The Labute approximate surface area is 206 Å². The number of ketones is 1. The molecule has 1 heterocycles. The van der Waals surface area contributed by atoms with Gasteiger partial charge >= 0.3 is 5.97 Å². The fraction of sp³-hybridized carbons (Fsp3) is 0.333. The molecule has 1 aliphatic carbocycles. The summed E-state index contributed by atoms with van der Waals surface area (Å²) in [7, 11) is 1.54. The normalized spacial score (nSPS) is 18.7. The second-order valence-corrected chi connectivity index (χ2v) is 10.5. The molecular weight excluding hydrogens is 438 g/mol. The van der Waals surface area contributed by atoms with Gasteiger partial charge in [0.1, 0.15) is 11.3 Å². The van der Waals surface area contributed by atoms with Gasteiger partial charge in [-0.1, -0.05) is 50.2 Å². The van der Waals surface area contributed by atoms with Crippen LogP contribution in [-0.2, 0) is 9.53 Å². The van der Waals surface area contributed by atoms with Crippen molar-refractivity contribution in [2.45, 2.75) is 52.7 Å². The van der Waals surface area contributed by atoms with E-state index in [4.69, 9.17) is 9.47 Å². The first kappa shape index (κ1) is 23.2. The van der Waals surface area contributed by atoms with Gasteiger partial charge in [-0.05, 0) is 65.8 Å². The van der Waals surface area contributed by atoms with Crippen LogP contribution in [0.5, 0.6) is 5.75 Å². The van der Waals surface area contributed by atoms with Gasteiger partial charge in [0.2, 0.25) is 0 Å². The maximum atomic E-state index is 13.6. The van der Waals surface area contributed by atoms with Crippen molar-refractivity contribution in [2.24, 2.45) is 5.41 Å². The van der Waals surface area contributed by atoms with Crippen LogP contribution in [0.1, 0.15) is 68.1 Å². The molecule has 0 saturated heterocycles. The Bertz CT molecular complexity index is 1380. The van der Waals surface area contributed by atoms with Crippen LogP contribution in [0, 0.1) is 5.41 Å². The van der Waals surface area contributed by atoms with Gasteiger partial charge in [0.05, 0.1) is 19.3 Å². The smallest absolute Gasteiger partial charge is 0.342 e. The van der Waals surface area contributed by atoms with Crippen molar-refractivity contribution in [1.29, 1.82) is 0 Å². The van der Waals surface area contributed by atoms with Gasteiger partial charge in [0.15, 0.2) is 5.78 Å². The number of anilines is 1. The third kappa shape index (κ3) is 4.09. The van der Waals surface area contributed by atoms with E-state index >= 15 is 0 Å². The van der Waals surface area contributed by atoms with Crippen LogP contribution < -0.4 is 10.1 Å². The number of Topliss-reactive ketones (excluding diaryl/α,β-unsaturated/α-hetero) is 1. The number of fused-ring (bicyclic) bond motifs is 4. The maximum Gasteiger partial charge on any atom is 0.342 e. The molecule has 5 rings (SSSR count). The first-order valence-electron chi connectivity index (χ1n) is 12.1. The molecule has 0 radical (unpaired) electrons. The lowest BCUT2D eigenvalue weighted by molar-refractivity contribution is -0.118. The summed E-state index contributed by atoms with van der Waals surface area (Å²) in [6, 6.07) is 17.7. The number of allylic oxidation sites excluding steroid dienone is 1. The highest BCUT2D eigenvalue weighted by molar-refractivity contribution is 6.13. The molecule has 0 amide bonds. The lowest BCUT2D eigenvalue weighted by Crippen LogP contribution is -2.33. The van der Waals surface area contributed by atoms with Gasteiger partial charge in [0, 0.05) is 23.2 Å². The Morgan fingerprint density at radius 1 is 1.06 bits per heavy atom. The number of esters is 1. The summed E-state index contributed by atoms with van der Waals surface area (Å²) in [6.45, 7) is 7.95. The van der Waals surface area contributed by atoms with Crippen molar-refractivity contribution in [3.05, 3.63) is 76.9 Å². The van der Waals surface area contributed by atoms with E-state index in [1.807, 2.05) is 38.1 Å². The number of carbonyl (C=O) groups is 2. The number of nitrogens with one attached hydrogen (secondary N) is 1. The van der Waals surface area contributed by atoms with Crippen LogP contribution in [0.4, 0.5) is 5.69 Å². The number of carbonyl (C=O) groups excluding carboxylic acids is 2. The average Bonchev–Trinajstić information content (AvgIpc) is 2.81. The number of ether oxygens (including phenoxy) is 2. The minimum atomic E-state index is -0.424. The van der Waals surface area contributed by atoms with Crippen molar-refractivity contribution in [3.63, 3.8) is 0 Å². The number of rotatable bonds is 4. The number of benzene rings is 3. The molecule has 1 unspecified atom stereocenters. The zero-order chi connectivity index (χ0) is 24.9. The zero-order valence-corrected chi connectivity index (χ0v) is 20.9. The third-order valence-electron chi connectivity index (χ3n) is 6.86. The Hall–Kier alpha value is -3.60. The fourth-order valence-corrected chi connectivity index (χ4v) is 5.42. The molecule has 0 aromatic heterocycles. The lowest BCUT2D eigenvalue weighted by Gasteiger charge is -2.40. The fourth-order valence-electron chi connectivity index (χ4n) is 5.42. The summed E-state index contributed by atoms with van der Waals surface area (Å²) in [5.41, 5.74) is 5.20. The second-order valence-electron chi connectivity index (χ2n) is 10.5. The van der Waals surface area contributed by atoms with E-state index in [1.165, 1.54) is 0 Å². The van der Waals surface area contributed by atoms with Crippen LogP contribution >= 0.6 is 0 Å². The van der Waals surface area contributed by atoms with Crippen molar-refractivity contribution >= 4 is 33.8 Å². The molecule has 0 spiro atoms. The highest BCUT2D eigenvalue weighted by Gasteiger charge is 2.41. The molecule has 3 aromatic rings. The summed E-state index contributed by atoms with van der Waals surface area (Å²) < 4.78 is 11.0. The van der Waals surface area contributed by atoms with Gasteiger partial charge in [-0.15, -0.1) is 0 Å². The van der Waals surface area contributed by atoms with Gasteiger partial charge in [-0.3, -0.25) is 4.79 Å². The molecule has 5 heteroatoms. The molecule has 1 aliphatic heterocycles. The summed E-state index contributed by atoms with van der Waals surface area (Å²) in [6.07, 6.45) is 1.10. The van der Waals surface area contributed by atoms with Crippen molar-refractivity contribution < 1.29 is 19.1 Å². The molecule has 1 atom stereocenters. The van der Waals surface area contributed by atoms with E-state index in [0.717, 1.165) is 45.2 Å². The molecule has 3 aromatic carbocycles. The first-order valence-corrected chi connectivity index (χ1v) is 12.1. The van der Waals surface area contributed by atoms with Crippen molar-refractivity contribution in [2.75, 3.05) is 12.4 Å². The second kappa shape index (κ2) is 8.56. The highest BCUT2D eigenvalue weighted by Crippen LogP contribution is 2.52. The molecule has 180 valence electrons. The molecule has 35 heavy (non-hydrogen) atoms. The molecule has 1 N–H and O–H groups in total. The Morgan fingerprint density at radius 3 is 2.57 bits per heavy atom. The summed E-state index contributed by atoms with van der Waals surface area (Å²) in [5.74, 6) is 0.173. The summed E-state index contributed by atoms with van der Waals surface area (Å²) in [5, 5.41) is 5.95. The van der Waals surface area contributed by atoms with Gasteiger partial charge < -0.3 is 14.8 Å². The average molecular weight is 470 g/mol. The highest BCUT2D eigenvalue weighted by atomic mass is 16.5.